The van der Waals surface area contributed by atoms with E-state index in [1.165, 1.54) is 12.0 Å². The molecule has 0 saturated carbocycles. The summed E-state index contributed by atoms with van der Waals surface area (Å²) in [4.78, 5) is 46.6. The van der Waals surface area contributed by atoms with E-state index in [0.29, 0.717) is 47.8 Å². The first kappa shape index (κ1) is 30.9. The number of rotatable bonds is 8. The highest BCUT2D eigenvalue weighted by molar-refractivity contribution is 7.15. The lowest BCUT2D eigenvalue weighted by atomic mass is 9.93. The monoisotopic (exact) mass is 612 g/mol. The van der Waals surface area contributed by atoms with Gasteiger partial charge in [0.15, 0.2) is 5.69 Å². The van der Waals surface area contributed by atoms with Crippen LogP contribution in [0.4, 0.5) is 5.69 Å². The molecule has 2 amide bonds. The molecule has 228 valence electrons. The van der Waals surface area contributed by atoms with Crippen molar-refractivity contribution in [3.8, 4) is 27.3 Å². The van der Waals surface area contributed by atoms with Crippen molar-refractivity contribution in [3.63, 3.8) is 0 Å². The smallest absolute Gasteiger partial charge is 0.357 e. The van der Waals surface area contributed by atoms with Crippen LogP contribution in [0.15, 0.2) is 42.5 Å². The first-order chi connectivity index (χ1) is 21.1. The molecule has 3 heterocycles. The zero-order valence-electron chi connectivity index (χ0n) is 25.6. The van der Waals surface area contributed by atoms with Crippen molar-refractivity contribution in [2.75, 3.05) is 25.6 Å². The third-order valence-corrected chi connectivity index (χ3v) is 8.70. The van der Waals surface area contributed by atoms with Crippen molar-refractivity contribution < 1.29 is 23.9 Å². The molecule has 1 aliphatic heterocycles. The number of nitrogens with zero attached hydrogens (tertiary/aromatic N) is 1. The number of fused-ring (bicyclic) bond motifs is 3. The number of hydrogen-bond acceptors (Lipinski definition) is 8. The molecule has 0 atom stereocenters. The predicted octanol–water partition coefficient (Wildman–Crippen LogP) is 5.97. The van der Waals surface area contributed by atoms with Gasteiger partial charge in [0.1, 0.15) is 11.4 Å². The maximum atomic E-state index is 14.2. The molecule has 0 unspecified atom stereocenters. The molecular weight excluding hydrogens is 576 g/mol. The number of hydrogen-bond donors (Lipinski definition) is 3. The summed E-state index contributed by atoms with van der Waals surface area (Å²) in [5.41, 5.74) is 12.4. The summed E-state index contributed by atoms with van der Waals surface area (Å²) in [6.07, 6.45) is 1.48. The highest BCUT2D eigenvalue weighted by atomic mass is 32.1. The van der Waals surface area contributed by atoms with Crippen LogP contribution in [-0.4, -0.2) is 43.0 Å². The fourth-order valence-electron chi connectivity index (χ4n) is 5.47. The zero-order valence-corrected chi connectivity index (χ0v) is 26.4. The Labute approximate surface area is 260 Å². The Morgan fingerprint density at radius 3 is 2.43 bits per heavy atom. The summed E-state index contributed by atoms with van der Waals surface area (Å²) < 4.78 is 11.3. The number of pyridine rings is 1. The molecule has 0 saturated heterocycles. The summed E-state index contributed by atoms with van der Waals surface area (Å²) in [6.45, 7) is 9.18. The van der Waals surface area contributed by atoms with E-state index in [1.54, 1.807) is 29.5 Å². The molecular formula is C34H36N4O5S. The van der Waals surface area contributed by atoms with Gasteiger partial charge < -0.3 is 25.8 Å². The van der Waals surface area contributed by atoms with Crippen molar-refractivity contribution in [1.82, 2.24) is 10.3 Å². The van der Waals surface area contributed by atoms with Crippen LogP contribution in [0.5, 0.6) is 5.75 Å². The summed E-state index contributed by atoms with van der Waals surface area (Å²) in [5.74, 6) is -0.904. The summed E-state index contributed by atoms with van der Waals surface area (Å²) in [5, 5.41) is 5.89. The Balaban J connectivity index is 1.71. The third kappa shape index (κ3) is 6.09. The number of aryl methyl sites for hydroxylation is 3. The zero-order chi connectivity index (χ0) is 31.5. The molecule has 4 N–H and O–H groups in total. The average Bonchev–Trinajstić information content (AvgIpc) is 3.31. The molecule has 0 spiro atoms. The molecule has 0 fully saturated rings. The standard InChI is InChI=1S/C34H36N4O5S/c1-6-10-36-33(40)27-8-7-23(30(37-27)34(41)42-5)24-16-28-26(31-22(9-11-43-28)14-20(4)44-31)15-25(24)32(39)38-29-18(2)12-21(17-35)13-19(29)3/h7-8,12-16H,6,9-11,17,35H2,1-5H3,(H,36,40)(H,38,39). The molecule has 2 aromatic carbocycles. The van der Waals surface area contributed by atoms with Crippen LogP contribution < -0.4 is 21.1 Å². The van der Waals surface area contributed by atoms with Crippen molar-refractivity contribution in [2.45, 2.75) is 47.1 Å². The highest BCUT2D eigenvalue weighted by Crippen LogP contribution is 2.44. The number of amides is 2. The molecule has 0 aliphatic carbocycles. The van der Waals surface area contributed by atoms with E-state index in [4.69, 9.17) is 15.2 Å². The Morgan fingerprint density at radius 1 is 1.00 bits per heavy atom. The van der Waals surface area contributed by atoms with Gasteiger partial charge in [0.05, 0.1) is 13.7 Å². The number of aromatic nitrogens is 1. The van der Waals surface area contributed by atoms with E-state index in [-0.39, 0.29) is 17.3 Å². The molecule has 5 rings (SSSR count). The van der Waals surface area contributed by atoms with Crippen molar-refractivity contribution in [2.24, 2.45) is 5.73 Å². The summed E-state index contributed by atoms with van der Waals surface area (Å²) >= 11 is 1.65. The Kier molecular flexibility index (Phi) is 9.12. The van der Waals surface area contributed by atoms with Gasteiger partial charge in [0.25, 0.3) is 11.8 Å². The molecule has 4 aromatic rings. The number of carbonyl (C=O) groups excluding carboxylic acids is 3. The second-order valence-corrected chi connectivity index (χ2v) is 12.1. The first-order valence-electron chi connectivity index (χ1n) is 14.5. The second kappa shape index (κ2) is 13.0. The van der Waals surface area contributed by atoms with Crippen molar-refractivity contribution in [1.29, 1.82) is 0 Å². The van der Waals surface area contributed by atoms with Gasteiger partial charge in [-0.25, -0.2) is 9.78 Å². The minimum atomic E-state index is -0.729. The van der Waals surface area contributed by atoms with Crippen LogP contribution in [0, 0.1) is 20.8 Å². The number of nitrogens with one attached hydrogen (secondary N) is 2. The van der Waals surface area contributed by atoms with E-state index in [0.717, 1.165) is 45.5 Å². The molecule has 0 bridgehead atoms. The number of carbonyl (C=O) groups is 3. The molecule has 10 heteroatoms. The van der Waals surface area contributed by atoms with E-state index in [2.05, 4.69) is 28.6 Å². The summed E-state index contributed by atoms with van der Waals surface area (Å²) in [6, 6.07) is 12.8. The van der Waals surface area contributed by atoms with Crippen LogP contribution in [0.1, 0.15) is 71.8 Å². The van der Waals surface area contributed by atoms with Gasteiger partial charge in [-0.3, -0.25) is 9.59 Å². The number of esters is 1. The Bertz CT molecular complexity index is 1750. The predicted molar refractivity (Wildman–Crippen MR) is 173 cm³/mol. The minimum absolute atomic E-state index is 0.0737. The van der Waals surface area contributed by atoms with Crippen molar-refractivity contribution in [3.05, 3.63) is 86.5 Å². The second-order valence-electron chi connectivity index (χ2n) is 10.8. The van der Waals surface area contributed by atoms with Crippen LogP contribution in [0.3, 0.4) is 0 Å². The fraction of sp³-hybridized carbons (Fsp3) is 0.294. The van der Waals surface area contributed by atoms with Crippen LogP contribution in [0.25, 0.3) is 21.6 Å². The number of ether oxygens (including phenoxy) is 2. The average molecular weight is 613 g/mol. The number of thiophene rings is 1. The molecule has 44 heavy (non-hydrogen) atoms. The topological polar surface area (TPSA) is 133 Å². The van der Waals surface area contributed by atoms with Crippen molar-refractivity contribution >= 4 is 34.8 Å². The van der Waals surface area contributed by atoms with Gasteiger partial charge in [-0.2, -0.15) is 0 Å². The van der Waals surface area contributed by atoms with Gasteiger partial charge in [0.2, 0.25) is 0 Å². The summed E-state index contributed by atoms with van der Waals surface area (Å²) in [7, 11) is 1.25. The van der Waals surface area contributed by atoms with E-state index in [9.17, 15) is 14.4 Å². The normalized spacial score (nSPS) is 12.0. The minimum Gasteiger partial charge on any atom is -0.493 e. The number of benzene rings is 2. The van der Waals surface area contributed by atoms with Gasteiger partial charge in [-0.1, -0.05) is 19.1 Å². The number of nitrogens with two attached hydrogens (primary N) is 1. The third-order valence-electron chi connectivity index (χ3n) is 7.57. The largest absolute Gasteiger partial charge is 0.493 e. The SMILES string of the molecule is CCCNC(=O)c1ccc(-c2cc3c(cc2C(=O)Nc2c(C)cc(CN)cc2C)-c2sc(C)cc2CCO3)c(C(=O)OC)n1. The molecule has 2 aromatic heterocycles. The quantitative estimate of drug-likeness (QED) is 0.209. The van der Waals surface area contributed by atoms with Crippen LogP contribution in [0.2, 0.25) is 0 Å². The highest BCUT2D eigenvalue weighted by Gasteiger charge is 2.27. The van der Waals surface area contributed by atoms with Gasteiger partial charge in [0, 0.05) is 57.2 Å². The fourth-order valence-corrected chi connectivity index (χ4v) is 6.56. The molecule has 9 nitrogen and oxygen atoms in total. The maximum absolute atomic E-state index is 14.2. The Morgan fingerprint density at radius 2 is 1.75 bits per heavy atom. The molecule has 0 radical (unpaired) electrons. The molecule has 1 aliphatic rings. The lowest BCUT2D eigenvalue weighted by Crippen LogP contribution is -2.26. The van der Waals surface area contributed by atoms with E-state index < -0.39 is 11.9 Å². The maximum Gasteiger partial charge on any atom is 0.357 e. The van der Waals surface area contributed by atoms with E-state index in [1.807, 2.05) is 39.0 Å². The van der Waals surface area contributed by atoms with Gasteiger partial charge in [-0.05, 0) is 79.8 Å². The van der Waals surface area contributed by atoms with Gasteiger partial charge in [-0.15, -0.1) is 11.3 Å². The lowest BCUT2D eigenvalue weighted by Gasteiger charge is -2.19. The number of methoxy groups -OCH3 is 1. The van der Waals surface area contributed by atoms with Crippen LogP contribution >= 0.6 is 11.3 Å². The Hall–Kier alpha value is -4.54. The first-order valence-corrected chi connectivity index (χ1v) is 15.4. The van der Waals surface area contributed by atoms with Crippen LogP contribution in [-0.2, 0) is 17.7 Å². The van der Waals surface area contributed by atoms with E-state index >= 15 is 0 Å². The number of anilines is 1. The van der Waals surface area contributed by atoms with Gasteiger partial charge >= 0.3 is 5.97 Å². The lowest BCUT2D eigenvalue weighted by molar-refractivity contribution is 0.0594.